The van der Waals surface area contributed by atoms with Gasteiger partial charge in [-0.05, 0) is 30.5 Å². The summed E-state index contributed by atoms with van der Waals surface area (Å²) in [6.07, 6.45) is 2.64. The van der Waals surface area contributed by atoms with Crippen molar-refractivity contribution < 1.29 is 0 Å². The van der Waals surface area contributed by atoms with Crippen LogP contribution < -0.4 is 10.6 Å². The molecule has 2 aromatic rings. The predicted octanol–water partition coefficient (Wildman–Crippen LogP) is 4.56. The van der Waals surface area contributed by atoms with E-state index in [0.717, 1.165) is 0 Å². The Bertz CT molecular complexity index is 410. The summed E-state index contributed by atoms with van der Waals surface area (Å²) in [5.74, 6) is 0. The van der Waals surface area contributed by atoms with E-state index in [1.807, 2.05) is 0 Å². The van der Waals surface area contributed by atoms with Crippen LogP contribution in [0.15, 0.2) is 60.7 Å². The van der Waals surface area contributed by atoms with E-state index in [2.05, 4.69) is 74.5 Å². The predicted molar refractivity (Wildman–Crippen MR) is 87.1 cm³/mol. The first kappa shape index (κ1) is 13.7. The largest absolute Gasteiger partial charge is 0.0723 e. The van der Waals surface area contributed by atoms with E-state index >= 15 is 0 Å². The van der Waals surface area contributed by atoms with Crippen LogP contribution in [0.25, 0.3) is 0 Å². The second-order valence-corrected chi connectivity index (χ2v) is 11.0. The minimum absolute atomic E-state index is 0.0926. The first-order valence-electron chi connectivity index (χ1n) is 6.52. The third-order valence-corrected chi connectivity index (χ3v) is 11.4. The Balaban J connectivity index is 2.41. The minimum Gasteiger partial charge on any atom is -0.0723 e. The van der Waals surface area contributed by atoms with E-state index in [9.17, 15) is 0 Å². The Kier molecular flexibility index (Phi) is 5.36. The van der Waals surface area contributed by atoms with Crippen LogP contribution in [0.5, 0.6) is 0 Å². The molecule has 2 aromatic carbocycles. The molecule has 0 nitrogen and oxygen atoms in total. The Morgan fingerprint density at radius 3 is 1.39 bits per heavy atom. The van der Waals surface area contributed by atoms with Gasteiger partial charge in [0.05, 0.1) is 0 Å². The molecule has 0 amide bonds. The average Bonchev–Trinajstić information content (AvgIpc) is 2.46. The van der Waals surface area contributed by atoms with Gasteiger partial charge in [-0.15, -0.1) is 0 Å². The van der Waals surface area contributed by atoms with Crippen LogP contribution in [0.4, 0.5) is 0 Å². The molecule has 0 N–H and O–H groups in total. The van der Waals surface area contributed by atoms with Crippen LogP contribution in [0.2, 0.25) is 0 Å². The minimum atomic E-state index is -0.150. The van der Waals surface area contributed by atoms with Gasteiger partial charge in [0.2, 0.25) is 0 Å². The maximum Gasteiger partial charge on any atom is -0.0153 e. The molecule has 0 heterocycles. The third kappa shape index (κ3) is 3.19. The smallest absolute Gasteiger partial charge is 0.0153 e. The molecule has 94 valence electrons. The topological polar surface area (TPSA) is 0 Å². The molecular formula is C16H20P2. The molecule has 18 heavy (non-hydrogen) atoms. The normalized spacial score (nSPS) is 11.1. The summed E-state index contributed by atoms with van der Waals surface area (Å²) in [6, 6.07) is 22.1. The first-order valence-corrected chi connectivity index (χ1v) is 10.3. The second-order valence-electron chi connectivity index (χ2n) is 4.12. The Hall–Kier alpha value is -0.700. The molecule has 0 aromatic heterocycles. The van der Waals surface area contributed by atoms with E-state index in [1.165, 1.54) is 22.9 Å². The number of rotatable bonds is 5. The SMILES string of the molecule is CCP(CC)P(c1ccccc1)c1ccccc1. The lowest BCUT2D eigenvalue weighted by atomic mass is 10.4. The van der Waals surface area contributed by atoms with Gasteiger partial charge in [-0.1, -0.05) is 82.1 Å². The zero-order valence-corrected chi connectivity index (χ0v) is 12.9. The van der Waals surface area contributed by atoms with Crippen LogP contribution in [0.3, 0.4) is 0 Å². The molecule has 0 radical (unpaired) electrons. The summed E-state index contributed by atoms with van der Waals surface area (Å²) >= 11 is 0. The molecule has 2 rings (SSSR count). The summed E-state index contributed by atoms with van der Waals surface area (Å²) in [5.41, 5.74) is 0. The lowest BCUT2D eigenvalue weighted by Gasteiger charge is -2.27. The number of hydrogen-bond donors (Lipinski definition) is 0. The van der Waals surface area contributed by atoms with E-state index in [0.29, 0.717) is 0 Å². The molecule has 0 aliphatic rings. The molecule has 0 fully saturated rings. The van der Waals surface area contributed by atoms with Crippen LogP contribution in [0.1, 0.15) is 13.8 Å². The monoisotopic (exact) mass is 274 g/mol. The summed E-state index contributed by atoms with van der Waals surface area (Å²) in [7, 11) is -0.0571. The molecule has 0 bridgehead atoms. The highest BCUT2D eigenvalue weighted by molar-refractivity contribution is 8.36. The van der Waals surface area contributed by atoms with Crippen molar-refractivity contribution in [2.75, 3.05) is 12.3 Å². The lowest BCUT2D eigenvalue weighted by molar-refractivity contribution is 1.44. The van der Waals surface area contributed by atoms with Gasteiger partial charge in [-0.3, -0.25) is 0 Å². The molecular weight excluding hydrogens is 254 g/mol. The maximum absolute atomic E-state index is 2.34. The second kappa shape index (κ2) is 7.03. The maximum atomic E-state index is 2.34. The van der Waals surface area contributed by atoms with Gasteiger partial charge in [0.15, 0.2) is 0 Å². The van der Waals surface area contributed by atoms with Gasteiger partial charge >= 0.3 is 0 Å². The van der Waals surface area contributed by atoms with Crippen molar-refractivity contribution >= 4 is 25.8 Å². The van der Waals surface area contributed by atoms with Crippen molar-refractivity contribution in [3.63, 3.8) is 0 Å². The molecule has 2 heteroatoms. The van der Waals surface area contributed by atoms with Gasteiger partial charge in [-0.25, -0.2) is 0 Å². The zero-order valence-electron chi connectivity index (χ0n) is 11.1. The third-order valence-electron chi connectivity index (χ3n) is 3.01. The van der Waals surface area contributed by atoms with Gasteiger partial charge < -0.3 is 0 Å². The highest BCUT2D eigenvalue weighted by Crippen LogP contribution is 2.66. The fourth-order valence-corrected chi connectivity index (χ4v) is 9.45. The number of benzene rings is 2. The first-order chi connectivity index (χ1) is 8.86. The summed E-state index contributed by atoms with van der Waals surface area (Å²) in [4.78, 5) is 0. The molecule has 0 aliphatic heterocycles. The van der Waals surface area contributed by atoms with Crippen molar-refractivity contribution in [2.45, 2.75) is 13.8 Å². The van der Waals surface area contributed by atoms with Crippen LogP contribution in [-0.2, 0) is 0 Å². The highest BCUT2D eigenvalue weighted by Gasteiger charge is 2.20. The Morgan fingerprint density at radius 2 is 1.06 bits per heavy atom. The van der Waals surface area contributed by atoms with Crippen LogP contribution in [0, 0.1) is 0 Å². The summed E-state index contributed by atoms with van der Waals surface area (Å²) in [5, 5.41) is 3.07. The van der Waals surface area contributed by atoms with Gasteiger partial charge in [0.25, 0.3) is 0 Å². The van der Waals surface area contributed by atoms with E-state index in [-0.39, 0.29) is 15.2 Å². The molecule has 0 unspecified atom stereocenters. The Labute approximate surface area is 113 Å². The van der Waals surface area contributed by atoms with Crippen molar-refractivity contribution in [3.05, 3.63) is 60.7 Å². The van der Waals surface area contributed by atoms with Crippen LogP contribution in [-0.4, -0.2) is 12.3 Å². The van der Waals surface area contributed by atoms with Crippen molar-refractivity contribution in [3.8, 4) is 0 Å². The summed E-state index contributed by atoms with van der Waals surface area (Å²) in [6.45, 7) is 4.69. The Morgan fingerprint density at radius 1 is 0.667 bits per heavy atom. The lowest BCUT2D eigenvalue weighted by Crippen LogP contribution is -2.11. The van der Waals surface area contributed by atoms with Crippen molar-refractivity contribution in [2.24, 2.45) is 0 Å². The molecule has 0 spiro atoms. The molecule has 0 saturated carbocycles. The van der Waals surface area contributed by atoms with E-state index in [1.54, 1.807) is 0 Å². The fraction of sp³-hybridized carbons (Fsp3) is 0.250. The van der Waals surface area contributed by atoms with Gasteiger partial charge in [0, 0.05) is 0 Å². The van der Waals surface area contributed by atoms with Crippen molar-refractivity contribution in [1.29, 1.82) is 0 Å². The van der Waals surface area contributed by atoms with E-state index < -0.39 is 0 Å². The zero-order chi connectivity index (χ0) is 12.8. The quantitative estimate of drug-likeness (QED) is 0.701. The standard InChI is InChI=1S/C16H20P2/c1-3-17(4-2)18(15-11-7-5-8-12-15)16-13-9-6-10-14-16/h5-14H,3-4H2,1-2H3. The molecule has 0 aliphatic carbocycles. The molecule has 0 atom stereocenters. The van der Waals surface area contributed by atoms with E-state index in [4.69, 9.17) is 0 Å². The van der Waals surface area contributed by atoms with Gasteiger partial charge in [0.1, 0.15) is 0 Å². The van der Waals surface area contributed by atoms with Crippen molar-refractivity contribution in [1.82, 2.24) is 0 Å². The highest BCUT2D eigenvalue weighted by atomic mass is 32.1. The summed E-state index contributed by atoms with van der Waals surface area (Å²) < 4.78 is 0. The number of hydrogen-bond acceptors (Lipinski definition) is 0. The van der Waals surface area contributed by atoms with Gasteiger partial charge in [-0.2, -0.15) is 0 Å². The molecule has 0 saturated heterocycles. The van der Waals surface area contributed by atoms with Crippen LogP contribution >= 0.6 is 15.2 Å². The fourth-order valence-electron chi connectivity index (χ4n) is 2.12. The average molecular weight is 274 g/mol.